The quantitative estimate of drug-likeness (QED) is 0.725. The first kappa shape index (κ1) is 13.9. The van der Waals surface area contributed by atoms with Crippen LogP contribution in [-0.4, -0.2) is 10.9 Å². The van der Waals surface area contributed by atoms with Crippen LogP contribution in [0.4, 0.5) is 15.8 Å². The first-order valence-electron chi connectivity index (χ1n) is 6.82. The number of anilines is 2. The molecule has 0 radical (unpaired) electrons. The highest BCUT2D eigenvalue weighted by atomic mass is 19.1. The summed E-state index contributed by atoms with van der Waals surface area (Å²) in [5.74, 6) is -0.611. The van der Waals surface area contributed by atoms with Gasteiger partial charge in [-0.2, -0.15) is 0 Å². The third-order valence-electron chi connectivity index (χ3n) is 3.19. The molecular formula is C18H13FN2O. The molecule has 0 N–H and O–H groups in total. The molecule has 108 valence electrons. The second-order valence-corrected chi connectivity index (χ2v) is 4.67. The molecule has 0 bridgehead atoms. The predicted molar refractivity (Wildman–Crippen MR) is 83.5 cm³/mol. The minimum absolute atomic E-state index is 0.265. The van der Waals surface area contributed by atoms with Gasteiger partial charge in [-0.05, 0) is 48.5 Å². The maximum absolute atomic E-state index is 13.2. The fourth-order valence-corrected chi connectivity index (χ4v) is 2.15. The molecule has 0 fully saturated rings. The third kappa shape index (κ3) is 2.86. The number of nitrogens with zero attached hydrogens (tertiary/aromatic N) is 2. The number of rotatable bonds is 3. The number of carbonyl (C=O) groups excluding carboxylic acids is 1. The molecular weight excluding hydrogens is 279 g/mol. The summed E-state index contributed by atoms with van der Waals surface area (Å²) in [5.41, 5.74) is 1.61. The normalized spacial score (nSPS) is 10.2. The first-order chi connectivity index (χ1) is 10.8. The Morgan fingerprint density at radius 3 is 2.09 bits per heavy atom. The maximum Gasteiger partial charge on any atom is 0.281 e. The van der Waals surface area contributed by atoms with Crippen LogP contribution in [-0.2, 0) is 0 Å². The summed E-state index contributed by atoms with van der Waals surface area (Å²) in [7, 11) is 0. The van der Waals surface area contributed by atoms with Gasteiger partial charge in [0.2, 0.25) is 0 Å². The van der Waals surface area contributed by atoms with E-state index in [4.69, 9.17) is 0 Å². The number of hydrogen-bond donors (Lipinski definition) is 0. The molecule has 2 aromatic carbocycles. The summed E-state index contributed by atoms with van der Waals surface area (Å²) in [6.07, 6.45) is 1.57. The molecule has 3 rings (SSSR count). The van der Waals surface area contributed by atoms with Crippen molar-refractivity contribution in [1.82, 2.24) is 4.98 Å². The lowest BCUT2D eigenvalue weighted by molar-refractivity contribution is 0.0994. The van der Waals surface area contributed by atoms with Crippen LogP contribution in [0.3, 0.4) is 0 Å². The van der Waals surface area contributed by atoms with Gasteiger partial charge < -0.3 is 0 Å². The van der Waals surface area contributed by atoms with Crippen LogP contribution in [0.1, 0.15) is 10.5 Å². The van der Waals surface area contributed by atoms with Crippen LogP contribution in [0, 0.1) is 5.82 Å². The van der Waals surface area contributed by atoms with E-state index in [2.05, 4.69) is 4.98 Å². The monoisotopic (exact) mass is 292 g/mol. The van der Waals surface area contributed by atoms with E-state index in [0.717, 1.165) is 0 Å². The van der Waals surface area contributed by atoms with Crippen molar-refractivity contribution in [3.63, 3.8) is 0 Å². The number of hydrogen-bond acceptors (Lipinski definition) is 2. The number of halogens is 1. The largest absolute Gasteiger partial charge is 0.281 e. The Hall–Kier alpha value is -3.01. The molecule has 22 heavy (non-hydrogen) atoms. The van der Waals surface area contributed by atoms with Gasteiger partial charge in [0.25, 0.3) is 5.91 Å². The predicted octanol–water partition coefficient (Wildman–Crippen LogP) is 4.20. The highest BCUT2D eigenvalue weighted by molar-refractivity contribution is 6.09. The molecule has 3 nitrogen and oxygen atoms in total. The van der Waals surface area contributed by atoms with E-state index in [-0.39, 0.29) is 11.7 Å². The number of aromatic nitrogens is 1. The van der Waals surface area contributed by atoms with Crippen molar-refractivity contribution >= 4 is 17.3 Å². The minimum atomic E-state index is -0.345. The zero-order chi connectivity index (χ0) is 15.4. The van der Waals surface area contributed by atoms with Crippen molar-refractivity contribution in [2.24, 2.45) is 0 Å². The van der Waals surface area contributed by atoms with E-state index < -0.39 is 0 Å². The molecule has 0 aliphatic carbocycles. The van der Waals surface area contributed by atoms with E-state index >= 15 is 0 Å². The summed E-state index contributed by atoms with van der Waals surface area (Å²) in [6, 6.07) is 20.2. The summed E-state index contributed by atoms with van der Waals surface area (Å²) >= 11 is 0. The number of benzene rings is 2. The Labute approximate surface area is 127 Å². The summed E-state index contributed by atoms with van der Waals surface area (Å²) in [6.45, 7) is 0. The molecule has 0 aliphatic rings. The summed E-state index contributed by atoms with van der Waals surface area (Å²) in [5, 5.41) is 0. The van der Waals surface area contributed by atoms with Crippen molar-refractivity contribution in [2.75, 3.05) is 4.90 Å². The van der Waals surface area contributed by atoms with E-state index in [1.165, 1.54) is 17.0 Å². The van der Waals surface area contributed by atoms with Gasteiger partial charge in [-0.3, -0.25) is 14.7 Å². The second-order valence-electron chi connectivity index (χ2n) is 4.67. The second kappa shape index (κ2) is 6.18. The lowest BCUT2D eigenvalue weighted by Crippen LogP contribution is -2.26. The third-order valence-corrected chi connectivity index (χ3v) is 3.19. The van der Waals surface area contributed by atoms with E-state index in [1.807, 2.05) is 30.3 Å². The summed E-state index contributed by atoms with van der Waals surface area (Å²) in [4.78, 5) is 18.4. The Morgan fingerprint density at radius 2 is 1.45 bits per heavy atom. The van der Waals surface area contributed by atoms with Gasteiger partial charge in [-0.15, -0.1) is 0 Å². The van der Waals surface area contributed by atoms with Gasteiger partial charge in [-0.1, -0.05) is 24.3 Å². The molecule has 3 aromatic rings. The number of amides is 1. The fraction of sp³-hybridized carbons (Fsp3) is 0. The Balaban J connectivity index is 2.07. The molecule has 0 spiro atoms. The molecule has 1 heterocycles. The average Bonchev–Trinajstić information content (AvgIpc) is 2.58. The lowest BCUT2D eigenvalue weighted by atomic mass is 10.2. The Morgan fingerprint density at radius 1 is 0.818 bits per heavy atom. The van der Waals surface area contributed by atoms with Crippen LogP contribution >= 0.6 is 0 Å². The van der Waals surface area contributed by atoms with Gasteiger partial charge in [0.05, 0.1) is 0 Å². The molecule has 1 amide bonds. The Bertz CT molecular complexity index is 758. The lowest BCUT2D eigenvalue weighted by Gasteiger charge is -2.22. The Kier molecular flexibility index (Phi) is 3.92. The molecule has 0 saturated carbocycles. The first-order valence-corrected chi connectivity index (χ1v) is 6.82. The summed E-state index contributed by atoms with van der Waals surface area (Å²) < 4.78 is 13.2. The molecule has 0 unspecified atom stereocenters. The van der Waals surface area contributed by atoms with Crippen LogP contribution in [0.2, 0.25) is 0 Å². The van der Waals surface area contributed by atoms with Crippen LogP contribution in [0.15, 0.2) is 79.0 Å². The van der Waals surface area contributed by atoms with Gasteiger partial charge in [-0.25, -0.2) is 4.39 Å². The van der Waals surface area contributed by atoms with Crippen LogP contribution in [0.5, 0.6) is 0 Å². The van der Waals surface area contributed by atoms with Crippen molar-refractivity contribution < 1.29 is 9.18 Å². The highest BCUT2D eigenvalue weighted by Gasteiger charge is 2.20. The molecule has 1 aromatic heterocycles. The molecule has 0 atom stereocenters. The minimum Gasteiger partial charge on any atom is -0.276 e. The zero-order valence-corrected chi connectivity index (χ0v) is 11.7. The fourth-order valence-electron chi connectivity index (χ4n) is 2.15. The zero-order valence-electron chi connectivity index (χ0n) is 11.7. The van der Waals surface area contributed by atoms with Crippen molar-refractivity contribution in [1.29, 1.82) is 0 Å². The molecule has 0 saturated heterocycles. The number of para-hydroxylation sites is 1. The average molecular weight is 292 g/mol. The smallest absolute Gasteiger partial charge is 0.276 e. The van der Waals surface area contributed by atoms with E-state index in [9.17, 15) is 9.18 Å². The molecule has 0 aliphatic heterocycles. The van der Waals surface area contributed by atoms with Crippen LogP contribution < -0.4 is 4.90 Å². The topological polar surface area (TPSA) is 33.2 Å². The van der Waals surface area contributed by atoms with Crippen molar-refractivity contribution in [2.45, 2.75) is 0 Å². The van der Waals surface area contributed by atoms with Crippen LogP contribution in [0.25, 0.3) is 0 Å². The van der Waals surface area contributed by atoms with E-state index in [1.54, 1.807) is 36.5 Å². The van der Waals surface area contributed by atoms with Gasteiger partial charge in [0.1, 0.15) is 11.5 Å². The number of carbonyl (C=O) groups is 1. The van der Waals surface area contributed by atoms with Crippen molar-refractivity contribution in [3.05, 3.63) is 90.5 Å². The number of pyridine rings is 1. The SMILES string of the molecule is O=C(c1ccccn1)N(c1ccccc1)c1ccc(F)cc1. The maximum atomic E-state index is 13.2. The van der Waals surface area contributed by atoms with Crippen molar-refractivity contribution in [3.8, 4) is 0 Å². The van der Waals surface area contributed by atoms with Gasteiger partial charge in [0.15, 0.2) is 0 Å². The standard InChI is InChI=1S/C18H13FN2O/c19-14-9-11-16(12-10-14)21(15-6-2-1-3-7-15)18(22)17-8-4-5-13-20-17/h1-13H. The highest BCUT2D eigenvalue weighted by Crippen LogP contribution is 2.27. The van der Waals surface area contributed by atoms with Gasteiger partial charge in [0, 0.05) is 17.6 Å². The van der Waals surface area contributed by atoms with Gasteiger partial charge >= 0.3 is 0 Å². The van der Waals surface area contributed by atoms with E-state index in [0.29, 0.717) is 17.1 Å². The molecule has 4 heteroatoms.